The molecule has 1 unspecified atom stereocenters. The van der Waals surface area contributed by atoms with E-state index in [4.69, 9.17) is 8.83 Å². The van der Waals surface area contributed by atoms with E-state index in [-0.39, 0.29) is 29.5 Å². The first kappa shape index (κ1) is 22.5. The van der Waals surface area contributed by atoms with Gasteiger partial charge in [0.05, 0.1) is 12.3 Å². The third kappa shape index (κ3) is 5.12. The number of carbonyl (C=O) groups is 1. The second-order valence-corrected chi connectivity index (χ2v) is 8.68. The molecular formula is C28H26N4O3. The summed E-state index contributed by atoms with van der Waals surface area (Å²) in [6.07, 6.45) is 3.60. The average Bonchev–Trinajstić information content (AvgIpc) is 3.60. The summed E-state index contributed by atoms with van der Waals surface area (Å²) < 4.78 is 11.2. The van der Waals surface area contributed by atoms with Crippen LogP contribution in [0.15, 0.2) is 87.9 Å². The molecule has 1 N–H and O–H groups in total. The van der Waals surface area contributed by atoms with Crippen molar-refractivity contribution in [3.8, 4) is 17.7 Å². The molecule has 0 bridgehead atoms. The van der Waals surface area contributed by atoms with Crippen LogP contribution >= 0.6 is 0 Å². The summed E-state index contributed by atoms with van der Waals surface area (Å²) >= 11 is 0. The minimum Gasteiger partial charge on any atom is -0.459 e. The van der Waals surface area contributed by atoms with E-state index in [0.29, 0.717) is 37.6 Å². The van der Waals surface area contributed by atoms with Gasteiger partial charge in [0, 0.05) is 19.0 Å². The van der Waals surface area contributed by atoms with Crippen molar-refractivity contribution in [3.05, 3.63) is 95.9 Å². The van der Waals surface area contributed by atoms with E-state index >= 15 is 0 Å². The number of nitrogens with one attached hydrogen (secondary N) is 1. The van der Waals surface area contributed by atoms with Crippen molar-refractivity contribution in [2.24, 2.45) is 5.92 Å². The summed E-state index contributed by atoms with van der Waals surface area (Å²) in [5.74, 6) is 1.15. The lowest BCUT2D eigenvalue weighted by Crippen LogP contribution is -2.42. The number of furan rings is 1. The fraction of sp³-hybridized carbons (Fsp3) is 0.250. The molecule has 0 radical (unpaired) electrons. The van der Waals surface area contributed by atoms with Crippen molar-refractivity contribution < 1.29 is 13.6 Å². The van der Waals surface area contributed by atoms with Gasteiger partial charge < -0.3 is 19.1 Å². The van der Waals surface area contributed by atoms with Crippen molar-refractivity contribution in [3.63, 3.8) is 0 Å². The lowest BCUT2D eigenvalue weighted by molar-refractivity contribution is -0.126. The summed E-state index contributed by atoms with van der Waals surface area (Å²) in [6, 6.07) is 25.8. The maximum absolute atomic E-state index is 13.3. The number of benzene rings is 2. The Hall–Kier alpha value is -4.31. The van der Waals surface area contributed by atoms with Crippen LogP contribution in [0.1, 0.15) is 35.7 Å². The van der Waals surface area contributed by atoms with Crippen molar-refractivity contribution >= 4 is 11.8 Å². The number of nitriles is 1. The summed E-state index contributed by atoms with van der Waals surface area (Å²) in [5.41, 5.74) is 2.50. The van der Waals surface area contributed by atoms with Gasteiger partial charge >= 0.3 is 0 Å². The molecule has 1 saturated heterocycles. The minimum absolute atomic E-state index is 0.0591. The molecule has 176 valence electrons. The molecule has 7 heteroatoms. The summed E-state index contributed by atoms with van der Waals surface area (Å²) in [4.78, 5) is 19.5. The number of oxazole rings is 1. The maximum Gasteiger partial charge on any atom is 0.266 e. The van der Waals surface area contributed by atoms with E-state index in [1.165, 1.54) is 11.8 Å². The van der Waals surface area contributed by atoms with E-state index in [0.717, 1.165) is 12.0 Å². The van der Waals surface area contributed by atoms with Crippen LogP contribution in [0.3, 0.4) is 0 Å². The van der Waals surface area contributed by atoms with E-state index in [2.05, 4.69) is 40.6 Å². The van der Waals surface area contributed by atoms with E-state index < -0.39 is 0 Å². The molecule has 4 aromatic rings. The predicted octanol–water partition coefficient (Wildman–Crippen LogP) is 5.12. The number of aromatic nitrogens is 1. The van der Waals surface area contributed by atoms with Crippen LogP contribution < -0.4 is 10.2 Å². The van der Waals surface area contributed by atoms with Crippen LogP contribution in [0, 0.1) is 17.2 Å². The molecule has 1 amide bonds. The normalized spacial score (nSPS) is 14.9. The zero-order chi connectivity index (χ0) is 24.0. The zero-order valence-electron chi connectivity index (χ0n) is 19.3. The molecule has 35 heavy (non-hydrogen) atoms. The van der Waals surface area contributed by atoms with Crippen LogP contribution in [0.2, 0.25) is 0 Å². The number of anilines is 1. The summed E-state index contributed by atoms with van der Waals surface area (Å²) in [5, 5.41) is 12.8. The van der Waals surface area contributed by atoms with Crippen LogP contribution in [-0.4, -0.2) is 24.0 Å². The molecule has 0 saturated carbocycles. The minimum atomic E-state index is -0.105. The number of rotatable bonds is 7. The predicted molar refractivity (Wildman–Crippen MR) is 131 cm³/mol. The highest BCUT2D eigenvalue weighted by molar-refractivity contribution is 5.79. The van der Waals surface area contributed by atoms with Crippen LogP contribution in [-0.2, 0) is 11.2 Å². The summed E-state index contributed by atoms with van der Waals surface area (Å²) in [6.45, 7) is 1.21. The molecule has 5 rings (SSSR count). The van der Waals surface area contributed by atoms with Crippen molar-refractivity contribution in [2.45, 2.75) is 25.3 Å². The Bertz CT molecular complexity index is 1290. The Morgan fingerprint density at radius 1 is 1.06 bits per heavy atom. The van der Waals surface area contributed by atoms with Crippen LogP contribution in [0.5, 0.6) is 0 Å². The number of nitrogens with zero attached hydrogens (tertiary/aromatic N) is 3. The van der Waals surface area contributed by atoms with E-state index in [1.807, 2.05) is 41.3 Å². The molecule has 1 atom stereocenters. The van der Waals surface area contributed by atoms with Gasteiger partial charge in [0.15, 0.2) is 5.76 Å². The summed E-state index contributed by atoms with van der Waals surface area (Å²) in [7, 11) is 0. The first-order valence-corrected chi connectivity index (χ1v) is 11.8. The van der Waals surface area contributed by atoms with Crippen LogP contribution in [0.4, 0.5) is 5.88 Å². The van der Waals surface area contributed by atoms with Crippen molar-refractivity contribution in [1.82, 2.24) is 10.3 Å². The largest absolute Gasteiger partial charge is 0.459 e. The fourth-order valence-corrected chi connectivity index (χ4v) is 4.53. The topological polar surface area (TPSA) is 95.3 Å². The Labute approximate surface area is 204 Å². The van der Waals surface area contributed by atoms with Gasteiger partial charge in [-0.25, -0.2) is 0 Å². The highest BCUT2D eigenvalue weighted by Crippen LogP contribution is 2.31. The number of carbonyl (C=O) groups excluding carboxylic acids is 1. The van der Waals surface area contributed by atoms with Crippen molar-refractivity contribution in [1.29, 1.82) is 5.26 Å². The molecule has 1 aliphatic rings. The fourth-order valence-electron chi connectivity index (χ4n) is 4.53. The highest BCUT2D eigenvalue weighted by atomic mass is 16.4. The molecule has 1 aliphatic heterocycles. The smallest absolute Gasteiger partial charge is 0.266 e. The maximum atomic E-state index is 13.3. The number of piperidine rings is 1. The van der Waals surface area contributed by atoms with Gasteiger partial charge in [-0.15, -0.1) is 0 Å². The first-order valence-electron chi connectivity index (χ1n) is 11.8. The molecule has 0 spiro atoms. The Morgan fingerprint density at radius 2 is 1.77 bits per heavy atom. The van der Waals surface area contributed by atoms with Crippen molar-refractivity contribution in [2.75, 3.05) is 18.0 Å². The lowest BCUT2D eigenvalue weighted by atomic mass is 9.93. The molecule has 3 heterocycles. The first-order chi connectivity index (χ1) is 17.2. The zero-order valence-corrected chi connectivity index (χ0v) is 19.3. The monoisotopic (exact) mass is 466 g/mol. The van der Waals surface area contributed by atoms with Gasteiger partial charge in [0.25, 0.3) is 5.89 Å². The standard InChI is InChI=1S/C28H26N4O3/c29-19-24-28(35-27(31-24)25-12-7-17-34-25)32-15-13-22(14-16-32)26(33)30-23(21-10-5-2-6-11-21)18-20-8-3-1-4-9-20/h1-12,17,22-23H,13-16,18H2,(H,30,33). The second kappa shape index (κ2) is 10.3. The Morgan fingerprint density at radius 3 is 2.43 bits per heavy atom. The molecular weight excluding hydrogens is 440 g/mol. The molecule has 0 aliphatic carbocycles. The van der Waals surface area contributed by atoms with Gasteiger partial charge in [-0.1, -0.05) is 60.7 Å². The Balaban J connectivity index is 1.25. The third-order valence-corrected chi connectivity index (χ3v) is 6.40. The van der Waals surface area contributed by atoms with E-state index in [1.54, 1.807) is 12.1 Å². The molecule has 1 fully saturated rings. The SMILES string of the molecule is N#Cc1nc(-c2ccco2)oc1N1CCC(C(=O)NC(Cc2ccccc2)c2ccccc2)CC1. The molecule has 2 aromatic carbocycles. The van der Waals surface area contributed by atoms with Gasteiger partial charge in [-0.05, 0) is 42.5 Å². The highest BCUT2D eigenvalue weighted by Gasteiger charge is 2.30. The number of amides is 1. The molecule has 7 nitrogen and oxygen atoms in total. The number of hydrogen-bond acceptors (Lipinski definition) is 6. The molecule has 2 aromatic heterocycles. The lowest BCUT2D eigenvalue weighted by Gasteiger charge is -2.32. The second-order valence-electron chi connectivity index (χ2n) is 8.68. The third-order valence-electron chi connectivity index (χ3n) is 6.40. The van der Waals surface area contributed by atoms with E-state index in [9.17, 15) is 10.1 Å². The average molecular weight is 467 g/mol. The van der Waals surface area contributed by atoms with Gasteiger partial charge in [-0.2, -0.15) is 10.2 Å². The van der Waals surface area contributed by atoms with Gasteiger partial charge in [0.1, 0.15) is 6.07 Å². The Kier molecular flexibility index (Phi) is 6.62. The van der Waals surface area contributed by atoms with Gasteiger partial charge in [0.2, 0.25) is 17.5 Å². The van der Waals surface area contributed by atoms with Crippen LogP contribution in [0.25, 0.3) is 11.7 Å². The number of hydrogen-bond donors (Lipinski definition) is 1. The van der Waals surface area contributed by atoms with Gasteiger partial charge in [-0.3, -0.25) is 4.79 Å². The quantitative estimate of drug-likeness (QED) is 0.406.